The number of rotatable bonds is 4. The Hall–Kier alpha value is -5.60. The van der Waals surface area contributed by atoms with Crippen molar-refractivity contribution in [2.24, 2.45) is 0 Å². The van der Waals surface area contributed by atoms with E-state index in [-0.39, 0.29) is 29.0 Å². The van der Waals surface area contributed by atoms with E-state index >= 15 is 0 Å². The fraction of sp³-hybridized carbons (Fsp3) is 0. The molecule has 0 spiro atoms. The average Bonchev–Trinajstić information content (AvgIpc) is 3.85. The van der Waals surface area contributed by atoms with Gasteiger partial charge in [0.2, 0.25) is 0 Å². The molecule has 0 amide bonds. The summed E-state index contributed by atoms with van der Waals surface area (Å²) in [4.78, 5) is 2.52. The molecule has 4 heterocycles. The van der Waals surface area contributed by atoms with Gasteiger partial charge in [0.15, 0.2) is 0 Å². The Morgan fingerprint density at radius 3 is 1.90 bits per heavy atom. The number of hydrogen-bond donors (Lipinski definition) is 0. The number of aromatic nitrogens is 1. The predicted octanol–water partition coefficient (Wildman–Crippen LogP) is 12.7. The van der Waals surface area contributed by atoms with Crippen molar-refractivity contribution in [3.8, 4) is 11.1 Å². The Kier molecular flexibility index (Phi) is 6.11. The van der Waals surface area contributed by atoms with Crippen molar-refractivity contribution < 1.29 is 0 Å². The number of anilines is 3. The molecule has 0 atom stereocenters. The molecule has 0 radical (unpaired) electrons. The van der Waals surface area contributed by atoms with Crippen molar-refractivity contribution in [2.45, 2.75) is 0 Å². The number of nitrogens with zero attached hydrogens (tertiary/aromatic N) is 2. The number of hydrogen-bond acceptors (Lipinski definition) is 1. The maximum atomic E-state index is 2.58. The Balaban J connectivity index is 1.22. The van der Waals surface area contributed by atoms with Gasteiger partial charge in [0.05, 0.1) is 0 Å². The molecule has 52 heavy (non-hydrogen) atoms. The second-order valence-electron chi connectivity index (χ2n) is 13.7. The first-order valence-electron chi connectivity index (χ1n) is 17.7. The van der Waals surface area contributed by atoms with E-state index in [1.807, 2.05) is 0 Å². The van der Waals surface area contributed by atoms with Crippen molar-refractivity contribution >= 4 is 123 Å². The van der Waals surface area contributed by atoms with Crippen molar-refractivity contribution in [3.05, 3.63) is 170 Å². The van der Waals surface area contributed by atoms with E-state index in [4.69, 9.17) is 0 Å². The van der Waals surface area contributed by atoms with Gasteiger partial charge in [0.1, 0.15) is 0 Å². The van der Waals surface area contributed by atoms with Gasteiger partial charge in [-0.15, -0.1) is 0 Å². The van der Waals surface area contributed by atoms with Crippen LogP contribution in [0.4, 0.5) is 17.1 Å². The SMILES string of the molecule is c1ccc(-c2cccc(N(c3ccc4c(c3)[se]c3ccccc34)c3cc4[se]c5cccc6c7cccc8c9ccccc9n(c(c3)c4c56)c78)c2)cc1. The van der Waals surface area contributed by atoms with Crippen LogP contribution in [0.25, 0.3) is 87.8 Å². The molecule has 0 unspecified atom stereocenters. The Labute approximate surface area is 311 Å². The van der Waals surface area contributed by atoms with E-state index in [2.05, 4.69) is 179 Å². The van der Waals surface area contributed by atoms with E-state index in [9.17, 15) is 0 Å². The Morgan fingerprint density at radius 1 is 0.346 bits per heavy atom. The van der Waals surface area contributed by atoms with Crippen LogP contribution >= 0.6 is 0 Å². The van der Waals surface area contributed by atoms with Crippen LogP contribution in [0.1, 0.15) is 0 Å². The molecule has 0 aliphatic heterocycles. The van der Waals surface area contributed by atoms with Crippen molar-refractivity contribution in [3.63, 3.8) is 0 Å². The van der Waals surface area contributed by atoms with Gasteiger partial charge in [-0.05, 0) is 0 Å². The summed E-state index contributed by atoms with van der Waals surface area (Å²) in [7, 11) is 0. The van der Waals surface area contributed by atoms with Crippen LogP contribution in [0.15, 0.2) is 170 Å². The monoisotopic (exact) mass is 792 g/mol. The molecular formula is C48H28N2Se2. The minimum atomic E-state index is 0.181. The standard InChI is InChI=1S/C48H28N2Se2/c1-2-11-29(12-3-1)30-13-8-14-31(25-30)49(32-23-24-36-35-16-5-7-21-42(35)51-44(36)27-32)33-26-41-47-45(28-33)52-43-22-10-17-37(46(43)47)39-19-9-18-38-34-15-4-6-20-40(34)50(41)48(38)39/h1-28H. The third-order valence-corrected chi connectivity index (χ3v) is 15.6. The normalized spacial score (nSPS) is 12.2. The molecule has 0 bridgehead atoms. The number of fused-ring (bicyclic) bond motifs is 8. The summed E-state index contributed by atoms with van der Waals surface area (Å²) >= 11 is 0.446. The summed E-state index contributed by atoms with van der Waals surface area (Å²) in [5.74, 6) is 0. The zero-order valence-corrected chi connectivity index (χ0v) is 31.3. The molecule has 4 aromatic heterocycles. The third kappa shape index (κ3) is 4.07. The minimum absolute atomic E-state index is 0.181. The molecule has 4 heteroatoms. The summed E-state index contributed by atoms with van der Waals surface area (Å²) in [6.45, 7) is 0. The molecule has 0 fully saturated rings. The molecular weight excluding hydrogens is 762 g/mol. The number of para-hydroxylation sites is 2. The van der Waals surface area contributed by atoms with Gasteiger partial charge in [-0.1, -0.05) is 0 Å². The van der Waals surface area contributed by atoms with Gasteiger partial charge in [0, 0.05) is 0 Å². The first kappa shape index (κ1) is 29.0. The van der Waals surface area contributed by atoms with E-state index < -0.39 is 0 Å². The molecule has 0 saturated heterocycles. The first-order chi connectivity index (χ1) is 25.8. The zero-order valence-electron chi connectivity index (χ0n) is 27.9. The zero-order chi connectivity index (χ0) is 33.9. The van der Waals surface area contributed by atoms with Gasteiger partial charge < -0.3 is 0 Å². The third-order valence-electron chi connectivity index (χ3n) is 10.9. The van der Waals surface area contributed by atoms with Crippen LogP contribution in [0.5, 0.6) is 0 Å². The predicted molar refractivity (Wildman–Crippen MR) is 225 cm³/mol. The molecule has 242 valence electrons. The number of benzene rings is 8. The summed E-state index contributed by atoms with van der Waals surface area (Å²) < 4.78 is 8.41. The quantitative estimate of drug-likeness (QED) is 0.161. The summed E-state index contributed by atoms with van der Waals surface area (Å²) in [5, 5.41) is 10.9. The van der Waals surface area contributed by atoms with E-state index in [1.165, 1.54) is 99.2 Å². The van der Waals surface area contributed by atoms with E-state index in [0.717, 1.165) is 5.69 Å². The first-order valence-corrected chi connectivity index (χ1v) is 21.1. The van der Waals surface area contributed by atoms with Crippen LogP contribution in [0, 0.1) is 0 Å². The fourth-order valence-electron chi connectivity index (χ4n) is 8.68. The van der Waals surface area contributed by atoms with Crippen LogP contribution < -0.4 is 4.90 Å². The van der Waals surface area contributed by atoms with Gasteiger partial charge in [-0.25, -0.2) is 0 Å². The molecule has 0 N–H and O–H groups in total. The molecule has 12 rings (SSSR count). The fourth-order valence-corrected chi connectivity index (χ4v) is 13.6. The van der Waals surface area contributed by atoms with E-state index in [0.29, 0.717) is 0 Å². The Morgan fingerprint density at radius 2 is 0.981 bits per heavy atom. The maximum absolute atomic E-state index is 2.58. The van der Waals surface area contributed by atoms with Crippen LogP contribution in [0.2, 0.25) is 0 Å². The second-order valence-corrected chi connectivity index (χ2v) is 18.3. The van der Waals surface area contributed by atoms with Gasteiger partial charge in [0.25, 0.3) is 0 Å². The van der Waals surface area contributed by atoms with Crippen molar-refractivity contribution in [2.75, 3.05) is 4.90 Å². The molecule has 12 aromatic rings. The van der Waals surface area contributed by atoms with Crippen molar-refractivity contribution in [1.82, 2.24) is 4.40 Å². The van der Waals surface area contributed by atoms with Crippen molar-refractivity contribution in [1.29, 1.82) is 0 Å². The van der Waals surface area contributed by atoms with Gasteiger partial charge in [-0.3, -0.25) is 0 Å². The van der Waals surface area contributed by atoms with Gasteiger partial charge >= 0.3 is 313 Å². The second kappa shape index (κ2) is 11.0. The van der Waals surface area contributed by atoms with Crippen LogP contribution in [-0.4, -0.2) is 33.4 Å². The van der Waals surface area contributed by atoms with E-state index in [1.54, 1.807) is 0 Å². The molecule has 0 aliphatic rings. The Bertz CT molecular complexity index is 3370. The summed E-state index contributed by atoms with van der Waals surface area (Å²) in [6.07, 6.45) is 0. The summed E-state index contributed by atoms with van der Waals surface area (Å²) in [5.41, 5.74) is 9.84. The molecule has 0 saturated carbocycles. The van der Waals surface area contributed by atoms with Crippen LogP contribution in [-0.2, 0) is 0 Å². The summed E-state index contributed by atoms with van der Waals surface area (Å²) in [6, 6.07) is 63.7. The molecule has 8 aromatic carbocycles. The van der Waals surface area contributed by atoms with Crippen LogP contribution in [0.3, 0.4) is 0 Å². The molecule has 2 nitrogen and oxygen atoms in total. The van der Waals surface area contributed by atoms with Gasteiger partial charge in [-0.2, -0.15) is 0 Å². The molecule has 0 aliphatic carbocycles. The topological polar surface area (TPSA) is 7.65 Å². The average molecular weight is 791 g/mol.